The summed E-state index contributed by atoms with van der Waals surface area (Å²) in [4.78, 5) is 25.0. The highest BCUT2D eigenvalue weighted by Gasteiger charge is 2.16. The summed E-state index contributed by atoms with van der Waals surface area (Å²) in [7, 11) is 1.63. The molecule has 5 aromatic rings. The molecule has 0 unspecified atom stereocenters. The van der Waals surface area contributed by atoms with Gasteiger partial charge in [0.1, 0.15) is 17.2 Å². The summed E-state index contributed by atoms with van der Waals surface area (Å²) in [5.74, 6) is 2.10. The van der Waals surface area contributed by atoms with Gasteiger partial charge in [0, 0.05) is 7.05 Å². The van der Waals surface area contributed by atoms with Crippen LogP contribution < -0.4 is 15.0 Å². The van der Waals surface area contributed by atoms with Gasteiger partial charge >= 0.3 is 5.97 Å². The fourth-order valence-electron chi connectivity index (χ4n) is 3.71. The molecule has 0 saturated carbocycles. The van der Waals surface area contributed by atoms with E-state index in [4.69, 9.17) is 14.2 Å². The van der Waals surface area contributed by atoms with Gasteiger partial charge < -0.3 is 14.2 Å². The summed E-state index contributed by atoms with van der Waals surface area (Å²) in [5.41, 5.74) is 1.45. The van der Waals surface area contributed by atoms with Crippen molar-refractivity contribution in [2.75, 3.05) is 6.61 Å². The van der Waals surface area contributed by atoms with E-state index in [2.05, 4.69) is 10.2 Å². The molecule has 0 N–H and O–H groups in total. The van der Waals surface area contributed by atoms with Crippen LogP contribution in [0, 0.1) is 6.92 Å². The number of fused-ring (bicyclic) bond motifs is 3. The third-order valence-corrected chi connectivity index (χ3v) is 5.46. The van der Waals surface area contributed by atoms with Crippen molar-refractivity contribution >= 4 is 22.6 Å². The number of hydrogen-bond acceptors (Lipinski definition) is 7. The van der Waals surface area contributed by atoms with Gasteiger partial charge in [-0.1, -0.05) is 29.8 Å². The molecule has 0 amide bonds. The topological polar surface area (TPSA) is 97.0 Å². The number of esters is 1. The van der Waals surface area contributed by atoms with Gasteiger partial charge in [0.15, 0.2) is 19.0 Å². The Labute approximate surface area is 200 Å². The SMILES string of the molecule is Cc1ccc2c(c1)c(=O)n(C)c1nnc(COC(=O)COc3ccc(Oc4ccccc4)cc3)n21. The van der Waals surface area contributed by atoms with Gasteiger partial charge in [-0.15, -0.1) is 10.2 Å². The number of aryl methyl sites for hydroxylation is 2. The van der Waals surface area contributed by atoms with Gasteiger partial charge in [0.2, 0.25) is 5.78 Å². The minimum Gasteiger partial charge on any atom is -0.482 e. The summed E-state index contributed by atoms with van der Waals surface area (Å²) in [6.45, 7) is 1.53. The average molecular weight is 470 g/mol. The van der Waals surface area contributed by atoms with Gasteiger partial charge in [-0.25, -0.2) is 4.79 Å². The molecule has 0 aliphatic heterocycles. The van der Waals surface area contributed by atoms with E-state index in [1.807, 2.05) is 55.5 Å². The van der Waals surface area contributed by atoms with E-state index >= 15 is 0 Å². The lowest BCUT2D eigenvalue weighted by molar-refractivity contribution is -0.147. The highest BCUT2D eigenvalue weighted by Crippen LogP contribution is 2.23. The van der Waals surface area contributed by atoms with E-state index in [9.17, 15) is 9.59 Å². The zero-order valence-electron chi connectivity index (χ0n) is 19.2. The zero-order valence-corrected chi connectivity index (χ0v) is 19.2. The monoisotopic (exact) mass is 470 g/mol. The smallest absolute Gasteiger partial charge is 0.344 e. The maximum atomic E-state index is 12.7. The molecule has 9 nitrogen and oxygen atoms in total. The third kappa shape index (κ3) is 4.56. The Morgan fingerprint density at radius 3 is 2.40 bits per heavy atom. The van der Waals surface area contributed by atoms with E-state index < -0.39 is 5.97 Å². The Morgan fingerprint density at radius 2 is 1.63 bits per heavy atom. The van der Waals surface area contributed by atoms with Crippen LogP contribution in [0.25, 0.3) is 16.7 Å². The van der Waals surface area contributed by atoms with Crippen molar-refractivity contribution in [1.82, 2.24) is 19.2 Å². The van der Waals surface area contributed by atoms with Crippen molar-refractivity contribution in [3.8, 4) is 17.2 Å². The summed E-state index contributed by atoms with van der Waals surface area (Å²) in [6.07, 6.45) is 0. The van der Waals surface area contributed by atoms with Crippen molar-refractivity contribution in [3.05, 3.63) is 94.5 Å². The van der Waals surface area contributed by atoms with E-state index in [0.717, 1.165) is 11.3 Å². The second kappa shape index (κ2) is 9.30. The molecule has 9 heteroatoms. The Morgan fingerprint density at radius 1 is 0.914 bits per heavy atom. The van der Waals surface area contributed by atoms with Crippen molar-refractivity contribution in [2.45, 2.75) is 13.5 Å². The summed E-state index contributed by atoms with van der Waals surface area (Å²) in [5, 5.41) is 8.77. The van der Waals surface area contributed by atoms with Crippen LogP contribution in [-0.4, -0.2) is 31.7 Å². The number of carbonyl (C=O) groups is 1. The number of aromatic nitrogens is 4. The van der Waals surface area contributed by atoms with Gasteiger partial charge in [-0.05, 0) is 55.5 Å². The first kappa shape index (κ1) is 22.1. The predicted molar refractivity (Wildman–Crippen MR) is 129 cm³/mol. The summed E-state index contributed by atoms with van der Waals surface area (Å²) in [6, 6.07) is 21.9. The molecule has 0 radical (unpaired) electrons. The minimum absolute atomic E-state index is 0.117. The maximum absolute atomic E-state index is 12.7. The third-order valence-electron chi connectivity index (χ3n) is 5.46. The Hall–Kier alpha value is -4.66. The van der Waals surface area contributed by atoms with E-state index in [1.165, 1.54) is 4.57 Å². The molecule has 2 heterocycles. The van der Waals surface area contributed by atoms with Gasteiger partial charge in [-0.2, -0.15) is 0 Å². The average Bonchev–Trinajstić information content (AvgIpc) is 3.30. The fraction of sp³-hybridized carbons (Fsp3) is 0.154. The molecule has 0 bridgehead atoms. The minimum atomic E-state index is -0.559. The Kier molecular flexibility index (Phi) is 5.88. The highest BCUT2D eigenvalue weighted by atomic mass is 16.6. The summed E-state index contributed by atoms with van der Waals surface area (Å²) >= 11 is 0. The number of rotatable bonds is 7. The zero-order chi connectivity index (χ0) is 24.4. The molecular formula is C26H22N4O5. The molecule has 0 atom stereocenters. The van der Waals surface area contributed by atoms with Crippen LogP contribution in [-0.2, 0) is 23.2 Å². The first-order valence-corrected chi connectivity index (χ1v) is 10.9. The standard InChI is InChI=1S/C26H22N4O5/c1-17-8-13-22-21(14-17)25(32)29(2)26-28-27-23(30(22)26)15-34-24(31)16-33-18-9-11-20(12-10-18)35-19-6-4-3-5-7-19/h3-14H,15-16H2,1-2H3. The van der Waals surface area contributed by atoms with Gasteiger partial charge in [-0.3, -0.25) is 13.8 Å². The maximum Gasteiger partial charge on any atom is 0.344 e. The van der Waals surface area contributed by atoms with Crippen molar-refractivity contribution in [2.24, 2.45) is 7.05 Å². The first-order valence-electron chi connectivity index (χ1n) is 10.9. The van der Waals surface area contributed by atoms with E-state index in [1.54, 1.807) is 35.7 Å². The van der Waals surface area contributed by atoms with Crippen LogP contribution in [0.3, 0.4) is 0 Å². The molecule has 3 aromatic carbocycles. The number of nitrogens with zero attached hydrogens (tertiary/aromatic N) is 4. The lowest BCUT2D eigenvalue weighted by Crippen LogP contribution is -2.21. The molecule has 35 heavy (non-hydrogen) atoms. The molecule has 5 rings (SSSR count). The molecule has 176 valence electrons. The van der Waals surface area contributed by atoms with Crippen molar-refractivity contribution < 1.29 is 19.0 Å². The van der Waals surface area contributed by atoms with Crippen LogP contribution in [0.2, 0.25) is 0 Å². The highest BCUT2D eigenvalue weighted by molar-refractivity contribution is 5.81. The normalized spacial score (nSPS) is 11.0. The second-order valence-electron chi connectivity index (χ2n) is 7.97. The number of benzene rings is 3. The van der Waals surface area contributed by atoms with Crippen LogP contribution in [0.1, 0.15) is 11.4 Å². The van der Waals surface area contributed by atoms with Crippen LogP contribution >= 0.6 is 0 Å². The van der Waals surface area contributed by atoms with Gasteiger partial charge in [0.25, 0.3) is 5.56 Å². The molecule has 2 aromatic heterocycles. The molecule has 0 aliphatic rings. The lowest BCUT2D eigenvalue weighted by Gasteiger charge is -2.10. The first-order chi connectivity index (χ1) is 17.0. The van der Waals surface area contributed by atoms with Crippen molar-refractivity contribution in [1.29, 1.82) is 0 Å². The number of carbonyl (C=O) groups excluding carboxylic acids is 1. The fourth-order valence-corrected chi connectivity index (χ4v) is 3.71. The van der Waals surface area contributed by atoms with Crippen molar-refractivity contribution in [3.63, 3.8) is 0 Å². The molecule has 0 fully saturated rings. The number of hydrogen-bond donors (Lipinski definition) is 0. The number of para-hydroxylation sites is 1. The largest absolute Gasteiger partial charge is 0.482 e. The Bertz CT molecular complexity index is 1570. The van der Waals surface area contributed by atoms with E-state index in [0.29, 0.717) is 34.0 Å². The van der Waals surface area contributed by atoms with E-state index in [-0.39, 0.29) is 18.8 Å². The number of ether oxygens (including phenoxy) is 3. The molecule has 0 saturated heterocycles. The quantitative estimate of drug-likeness (QED) is 0.334. The Balaban J connectivity index is 1.23. The second-order valence-corrected chi connectivity index (χ2v) is 7.97. The summed E-state index contributed by atoms with van der Waals surface area (Å²) < 4.78 is 19.8. The molecule has 0 aliphatic carbocycles. The van der Waals surface area contributed by atoms with Gasteiger partial charge in [0.05, 0.1) is 10.9 Å². The predicted octanol–water partition coefficient (Wildman–Crippen LogP) is 3.80. The van der Waals surface area contributed by atoms with Crippen LogP contribution in [0.15, 0.2) is 77.6 Å². The van der Waals surface area contributed by atoms with Crippen LogP contribution in [0.5, 0.6) is 17.2 Å². The molecular weight excluding hydrogens is 448 g/mol. The molecule has 0 spiro atoms. The van der Waals surface area contributed by atoms with Crippen LogP contribution in [0.4, 0.5) is 0 Å². The lowest BCUT2D eigenvalue weighted by atomic mass is 10.1.